The van der Waals surface area contributed by atoms with E-state index in [1.54, 1.807) is 7.11 Å². The number of nitrogens with one attached hydrogen (secondary N) is 2. The molecule has 2 aromatic rings. The van der Waals surface area contributed by atoms with Crippen LogP contribution >= 0.6 is 0 Å². The standard InChI is InChI=1S/C24H34N4O/c1-4-25-24(26-17-21-11-8-12-23(16-21)29-3)27-22-13-14-28(19(2)15-22)18-20-9-6-5-7-10-20/h5-12,16,19,22H,4,13-15,17-18H2,1-3H3,(H2,25,26,27). The summed E-state index contributed by atoms with van der Waals surface area (Å²) in [5, 5.41) is 7.04. The highest BCUT2D eigenvalue weighted by molar-refractivity contribution is 5.80. The van der Waals surface area contributed by atoms with Gasteiger partial charge in [0.25, 0.3) is 0 Å². The van der Waals surface area contributed by atoms with Crippen molar-refractivity contribution in [1.82, 2.24) is 15.5 Å². The molecule has 2 unspecified atom stereocenters. The molecule has 2 atom stereocenters. The molecule has 1 saturated heterocycles. The van der Waals surface area contributed by atoms with Crippen molar-refractivity contribution in [2.45, 2.75) is 51.9 Å². The molecule has 1 heterocycles. The summed E-state index contributed by atoms with van der Waals surface area (Å²) in [5.41, 5.74) is 2.53. The Morgan fingerprint density at radius 3 is 2.66 bits per heavy atom. The van der Waals surface area contributed by atoms with Gasteiger partial charge in [-0.25, -0.2) is 4.99 Å². The van der Waals surface area contributed by atoms with Crippen LogP contribution in [-0.4, -0.2) is 43.1 Å². The van der Waals surface area contributed by atoms with E-state index in [9.17, 15) is 0 Å². The van der Waals surface area contributed by atoms with Crippen molar-refractivity contribution in [3.8, 4) is 5.75 Å². The van der Waals surface area contributed by atoms with Gasteiger partial charge in [-0.2, -0.15) is 0 Å². The maximum absolute atomic E-state index is 5.31. The van der Waals surface area contributed by atoms with E-state index < -0.39 is 0 Å². The molecule has 0 spiro atoms. The van der Waals surface area contributed by atoms with E-state index in [-0.39, 0.29) is 0 Å². The SMILES string of the molecule is CCNC(=NCc1cccc(OC)c1)NC1CCN(Cc2ccccc2)C(C)C1. The third-order valence-corrected chi connectivity index (χ3v) is 5.48. The number of hydrogen-bond donors (Lipinski definition) is 2. The first-order chi connectivity index (χ1) is 14.2. The van der Waals surface area contributed by atoms with Crippen molar-refractivity contribution >= 4 is 5.96 Å². The van der Waals surface area contributed by atoms with Gasteiger partial charge >= 0.3 is 0 Å². The molecule has 5 heteroatoms. The first-order valence-corrected chi connectivity index (χ1v) is 10.6. The van der Waals surface area contributed by atoms with Gasteiger partial charge in [0.15, 0.2) is 5.96 Å². The van der Waals surface area contributed by atoms with Crippen LogP contribution in [0.2, 0.25) is 0 Å². The molecule has 0 aliphatic carbocycles. The first kappa shape index (κ1) is 21.2. The molecule has 0 aromatic heterocycles. The monoisotopic (exact) mass is 394 g/mol. The smallest absolute Gasteiger partial charge is 0.191 e. The summed E-state index contributed by atoms with van der Waals surface area (Å²) in [4.78, 5) is 7.37. The Kier molecular flexibility index (Phi) is 7.94. The van der Waals surface area contributed by atoms with Gasteiger partial charge in [-0.3, -0.25) is 4.90 Å². The molecule has 2 aromatic carbocycles. The molecule has 29 heavy (non-hydrogen) atoms. The Hall–Kier alpha value is -2.53. The van der Waals surface area contributed by atoms with E-state index in [0.717, 1.165) is 49.7 Å². The van der Waals surface area contributed by atoms with Crippen LogP contribution in [-0.2, 0) is 13.1 Å². The number of methoxy groups -OCH3 is 1. The summed E-state index contributed by atoms with van der Waals surface area (Å²) in [7, 11) is 1.69. The molecular formula is C24H34N4O. The van der Waals surface area contributed by atoms with E-state index in [2.05, 4.69) is 65.8 Å². The predicted molar refractivity (Wildman–Crippen MR) is 120 cm³/mol. The predicted octanol–water partition coefficient (Wildman–Crippen LogP) is 3.80. The summed E-state index contributed by atoms with van der Waals surface area (Å²) in [6.07, 6.45) is 2.25. The highest BCUT2D eigenvalue weighted by atomic mass is 16.5. The van der Waals surface area contributed by atoms with Crippen LogP contribution in [0.25, 0.3) is 0 Å². The van der Waals surface area contributed by atoms with Crippen LogP contribution in [0, 0.1) is 0 Å². The van der Waals surface area contributed by atoms with Gasteiger partial charge in [0, 0.05) is 31.7 Å². The van der Waals surface area contributed by atoms with Crippen molar-refractivity contribution in [2.75, 3.05) is 20.2 Å². The second-order valence-electron chi connectivity index (χ2n) is 7.72. The molecular weight excluding hydrogens is 360 g/mol. The number of nitrogens with zero attached hydrogens (tertiary/aromatic N) is 2. The average molecular weight is 395 g/mol. The number of guanidine groups is 1. The van der Waals surface area contributed by atoms with Gasteiger partial charge in [-0.05, 0) is 49.9 Å². The Labute approximate surface area is 175 Å². The summed E-state index contributed by atoms with van der Waals surface area (Å²) in [6, 6.07) is 19.8. The minimum absolute atomic E-state index is 0.445. The minimum atomic E-state index is 0.445. The second kappa shape index (κ2) is 10.9. The second-order valence-corrected chi connectivity index (χ2v) is 7.72. The Morgan fingerprint density at radius 1 is 1.14 bits per heavy atom. The zero-order chi connectivity index (χ0) is 20.5. The highest BCUT2D eigenvalue weighted by Crippen LogP contribution is 2.20. The van der Waals surface area contributed by atoms with Crippen LogP contribution in [0.4, 0.5) is 0 Å². The lowest BCUT2D eigenvalue weighted by molar-refractivity contribution is 0.134. The fourth-order valence-electron chi connectivity index (χ4n) is 3.86. The number of likely N-dealkylation sites (tertiary alicyclic amines) is 1. The molecule has 0 saturated carbocycles. The molecule has 1 aliphatic heterocycles. The van der Waals surface area contributed by atoms with Gasteiger partial charge in [-0.1, -0.05) is 42.5 Å². The summed E-state index contributed by atoms with van der Waals surface area (Å²) >= 11 is 0. The molecule has 3 rings (SSSR count). The molecule has 156 valence electrons. The number of ether oxygens (including phenoxy) is 1. The Balaban J connectivity index is 1.55. The topological polar surface area (TPSA) is 48.9 Å². The zero-order valence-corrected chi connectivity index (χ0v) is 17.9. The van der Waals surface area contributed by atoms with Gasteiger partial charge in [0.1, 0.15) is 5.75 Å². The molecule has 1 aliphatic rings. The third kappa shape index (κ3) is 6.50. The number of hydrogen-bond acceptors (Lipinski definition) is 3. The Morgan fingerprint density at radius 2 is 1.93 bits per heavy atom. The number of piperidine rings is 1. The normalized spacial score (nSPS) is 20.3. The average Bonchev–Trinajstić information content (AvgIpc) is 2.75. The number of benzene rings is 2. The van der Waals surface area contributed by atoms with Crippen molar-refractivity contribution in [2.24, 2.45) is 4.99 Å². The number of rotatable bonds is 7. The molecule has 0 amide bonds. The van der Waals surface area contributed by atoms with Crippen LogP contribution in [0.5, 0.6) is 5.75 Å². The van der Waals surface area contributed by atoms with Crippen LogP contribution < -0.4 is 15.4 Å². The van der Waals surface area contributed by atoms with Crippen molar-refractivity contribution < 1.29 is 4.74 Å². The first-order valence-electron chi connectivity index (χ1n) is 10.6. The van der Waals surface area contributed by atoms with E-state index in [1.807, 2.05) is 18.2 Å². The maximum Gasteiger partial charge on any atom is 0.191 e. The molecule has 2 N–H and O–H groups in total. The van der Waals surface area contributed by atoms with Gasteiger partial charge in [0.05, 0.1) is 13.7 Å². The minimum Gasteiger partial charge on any atom is -0.497 e. The maximum atomic E-state index is 5.31. The van der Waals surface area contributed by atoms with Gasteiger partial charge in [-0.15, -0.1) is 0 Å². The molecule has 5 nitrogen and oxygen atoms in total. The quantitative estimate of drug-likeness (QED) is 0.554. The highest BCUT2D eigenvalue weighted by Gasteiger charge is 2.25. The largest absolute Gasteiger partial charge is 0.497 e. The lowest BCUT2D eigenvalue weighted by Crippen LogP contribution is -2.51. The summed E-state index contributed by atoms with van der Waals surface area (Å²) in [5.74, 6) is 1.76. The molecule has 0 bridgehead atoms. The fourth-order valence-corrected chi connectivity index (χ4v) is 3.86. The third-order valence-electron chi connectivity index (χ3n) is 5.48. The van der Waals surface area contributed by atoms with Crippen molar-refractivity contribution in [3.63, 3.8) is 0 Å². The summed E-state index contributed by atoms with van der Waals surface area (Å²) < 4.78 is 5.31. The van der Waals surface area contributed by atoms with Crippen LogP contribution in [0.1, 0.15) is 37.8 Å². The van der Waals surface area contributed by atoms with Crippen molar-refractivity contribution in [3.05, 3.63) is 65.7 Å². The van der Waals surface area contributed by atoms with Crippen LogP contribution in [0.15, 0.2) is 59.6 Å². The van der Waals surface area contributed by atoms with E-state index >= 15 is 0 Å². The Bertz CT molecular complexity index is 777. The van der Waals surface area contributed by atoms with Gasteiger partial charge < -0.3 is 15.4 Å². The lowest BCUT2D eigenvalue weighted by atomic mass is 9.97. The zero-order valence-electron chi connectivity index (χ0n) is 17.9. The van der Waals surface area contributed by atoms with Gasteiger partial charge in [0.2, 0.25) is 0 Å². The van der Waals surface area contributed by atoms with Crippen LogP contribution in [0.3, 0.4) is 0 Å². The molecule has 1 fully saturated rings. The lowest BCUT2D eigenvalue weighted by Gasteiger charge is -2.38. The van der Waals surface area contributed by atoms with E-state index in [0.29, 0.717) is 18.6 Å². The number of aliphatic imine (C=N–C) groups is 1. The van der Waals surface area contributed by atoms with E-state index in [1.165, 1.54) is 5.56 Å². The van der Waals surface area contributed by atoms with E-state index in [4.69, 9.17) is 9.73 Å². The fraction of sp³-hybridized carbons (Fsp3) is 0.458. The van der Waals surface area contributed by atoms with Crippen molar-refractivity contribution in [1.29, 1.82) is 0 Å². The molecule has 0 radical (unpaired) electrons. The summed E-state index contributed by atoms with van der Waals surface area (Å²) in [6.45, 7) is 8.05.